The molecule has 3 saturated heterocycles. The normalized spacial score (nSPS) is 26.8. The molecule has 1 aromatic carbocycles. The maximum absolute atomic E-state index is 13.0. The number of nitrogens with zero attached hydrogens (tertiary/aromatic N) is 4. The quantitative estimate of drug-likeness (QED) is 0.792. The van der Waals surface area contributed by atoms with Crippen LogP contribution in [0.2, 0.25) is 0 Å². The largest absolute Gasteiger partial charge is 0.454 e. The SMILES string of the molecule is CC(C)(C)c1cn(CC2CC3CCN2CC3C(=O)NCc2ccc3c(c2)OCO3)nn1. The molecule has 4 atom stereocenters. The van der Waals surface area contributed by atoms with E-state index in [4.69, 9.17) is 9.47 Å². The summed E-state index contributed by atoms with van der Waals surface area (Å²) in [5.41, 5.74) is 2.05. The molecule has 0 spiro atoms. The highest BCUT2D eigenvalue weighted by atomic mass is 16.7. The van der Waals surface area contributed by atoms with Gasteiger partial charge < -0.3 is 14.8 Å². The number of carbonyl (C=O) groups is 1. The topological polar surface area (TPSA) is 81.5 Å². The second-order valence-electron chi connectivity index (χ2n) is 10.0. The second-order valence-corrected chi connectivity index (χ2v) is 10.0. The molecule has 5 heterocycles. The van der Waals surface area contributed by atoms with Gasteiger partial charge in [-0.3, -0.25) is 14.4 Å². The van der Waals surface area contributed by atoms with E-state index in [0.29, 0.717) is 18.5 Å². The first-order chi connectivity index (χ1) is 14.9. The van der Waals surface area contributed by atoms with Crippen LogP contribution in [-0.2, 0) is 23.3 Å². The fourth-order valence-electron chi connectivity index (χ4n) is 4.94. The molecule has 0 saturated carbocycles. The molecular weight excluding hydrogens is 394 g/mol. The van der Waals surface area contributed by atoms with Crippen LogP contribution in [-0.4, -0.2) is 51.7 Å². The molecule has 4 unspecified atom stereocenters. The average Bonchev–Trinajstić information content (AvgIpc) is 3.41. The van der Waals surface area contributed by atoms with Gasteiger partial charge in [-0.05, 0) is 43.0 Å². The van der Waals surface area contributed by atoms with Gasteiger partial charge in [0, 0.05) is 30.7 Å². The van der Waals surface area contributed by atoms with Gasteiger partial charge in [-0.2, -0.15) is 0 Å². The Labute approximate surface area is 182 Å². The Morgan fingerprint density at radius 2 is 2.10 bits per heavy atom. The number of hydrogen-bond donors (Lipinski definition) is 1. The Kier molecular flexibility index (Phi) is 5.12. The Hall–Kier alpha value is -2.61. The predicted octanol–water partition coefficient (Wildman–Crippen LogP) is 2.33. The number of amides is 1. The van der Waals surface area contributed by atoms with Crippen LogP contribution >= 0.6 is 0 Å². The Morgan fingerprint density at radius 1 is 1.26 bits per heavy atom. The third kappa shape index (κ3) is 4.13. The zero-order valence-electron chi connectivity index (χ0n) is 18.5. The van der Waals surface area contributed by atoms with E-state index >= 15 is 0 Å². The van der Waals surface area contributed by atoms with Gasteiger partial charge in [0.15, 0.2) is 11.5 Å². The van der Waals surface area contributed by atoms with Gasteiger partial charge in [-0.25, -0.2) is 0 Å². The van der Waals surface area contributed by atoms with Gasteiger partial charge in [0.2, 0.25) is 12.7 Å². The van der Waals surface area contributed by atoms with Crippen molar-refractivity contribution in [3.05, 3.63) is 35.7 Å². The van der Waals surface area contributed by atoms with Crippen LogP contribution in [0.25, 0.3) is 0 Å². The van der Waals surface area contributed by atoms with E-state index in [1.807, 2.05) is 22.9 Å². The summed E-state index contributed by atoms with van der Waals surface area (Å²) in [4.78, 5) is 15.4. The monoisotopic (exact) mass is 425 g/mol. The van der Waals surface area contributed by atoms with Crippen molar-refractivity contribution in [2.75, 3.05) is 19.9 Å². The first kappa shape index (κ1) is 20.3. The summed E-state index contributed by atoms with van der Waals surface area (Å²) in [6.07, 6.45) is 4.19. The van der Waals surface area contributed by atoms with Crippen molar-refractivity contribution in [1.82, 2.24) is 25.2 Å². The average molecular weight is 426 g/mol. The minimum absolute atomic E-state index is 0.00523. The number of carbonyl (C=O) groups excluding carboxylic acids is 1. The third-order valence-electron chi connectivity index (χ3n) is 6.82. The zero-order chi connectivity index (χ0) is 21.6. The molecule has 2 aromatic rings. The lowest BCUT2D eigenvalue weighted by Crippen LogP contribution is -2.58. The van der Waals surface area contributed by atoms with Crippen molar-refractivity contribution in [2.24, 2.45) is 11.8 Å². The van der Waals surface area contributed by atoms with Crippen molar-refractivity contribution in [3.8, 4) is 11.5 Å². The van der Waals surface area contributed by atoms with Crippen molar-refractivity contribution in [2.45, 2.75) is 58.2 Å². The molecule has 6 rings (SSSR count). The Bertz CT molecular complexity index is 966. The molecule has 1 aromatic heterocycles. The van der Waals surface area contributed by atoms with Gasteiger partial charge in [-0.1, -0.05) is 32.1 Å². The second kappa shape index (κ2) is 7.82. The molecule has 1 amide bonds. The number of aromatic nitrogens is 3. The molecule has 4 aliphatic heterocycles. The minimum atomic E-state index is 0.00523. The summed E-state index contributed by atoms with van der Waals surface area (Å²) < 4.78 is 12.8. The van der Waals surface area contributed by atoms with Crippen LogP contribution in [0.15, 0.2) is 24.4 Å². The summed E-state index contributed by atoms with van der Waals surface area (Å²) in [6.45, 7) is 9.95. The first-order valence-electron chi connectivity index (χ1n) is 11.2. The molecule has 1 N–H and O–H groups in total. The summed E-state index contributed by atoms with van der Waals surface area (Å²) in [5, 5.41) is 11.8. The molecule has 0 aliphatic carbocycles. The van der Waals surface area contributed by atoms with Crippen LogP contribution in [0.5, 0.6) is 11.5 Å². The van der Waals surface area contributed by atoms with E-state index in [-0.39, 0.29) is 24.0 Å². The molecule has 4 aliphatic rings. The van der Waals surface area contributed by atoms with Crippen LogP contribution < -0.4 is 14.8 Å². The van der Waals surface area contributed by atoms with E-state index < -0.39 is 0 Å². The lowest BCUT2D eigenvalue weighted by atomic mass is 9.75. The van der Waals surface area contributed by atoms with E-state index in [2.05, 4.69) is 47.5 Å². The summed E-state index contributed by atoms with van der Waals surface area (Å²) in [5.74, 6) is 2.15. The van der Waals surface area contributed by atoms with Gasteiger partial charge in [0.1, 0.15) is 0 Å². The molecular formula is C23H31N5O3. The van der Waals surface area contributed by atoms with Crippen molar-refractivity contribution in [1.29, 1.82) is 0 Å². The van der Waals surface area contributed by atoms with Crippen LogP contribution in [0.4, 0.5) is 0 Å². The van der Waals surface area contributed by atoms with Crippen LogP contribution in [0, 0.1) is 11.8 Å². The fraction of sp³-hybridized carbons (Fsp3) is 0.609. The number of fused-ring (bicyclic) bond motifs is 4. The number of rotatable bonds is 5. The molecule has 2 bridgehead atoms. The fourth-order valence-corrected chi connectivity index (χ4v) is 4.94. The van der Waals surface area contributed by atoms with E-state index in [0.717, 1.165) is 55.2 Å². The van der Waals surface area contributed by atoms with E-state index in [1.54, 1.807) is 0 Å². The standard InChI is InChI=1S/C23H31N5O3/c1-23(2,3)21-13-28(26-25-21)11-17-9-16-6-7-27(17)12-18(16)22(29)24-10-15-4-5-19-20(8-15)31-14-30-19/h4-5,8,13,16-18H,6-7,9-12,14H2,1-3H3,(H,24,29). The lowest BCUT2D eigenvalue weighted by Gasteiger charge is -2.49. The summed E-state index contributed by atoms with van der Waals surface area (Å²) >= 11 is 0. The number of nitrogens with one attached hydrogen (secondary N) is 1. The van der Waals surface area contributed by atoms with Crippen LogP contribution in [0.1, 0.15) is 44.9 Å². The maximum atomic E-state index is 13.0. The Morgan fingerprint density at radius 3 is 2.84 bits per heavy atom. The Balaban J connectivity index is 1.17. The molecule has 8 heteroatoms. The van der Waals surface area contributed by atoms with Gasteiger partial charge in [0.05, 0.1) is 18.2 Å². The molecule has 166 valence electrons. The minimum Gasteiger partial charge on any atom is -0.454 e. The van der Waals surface area contributed by atoms with E-state index in [9.17, 15) is 4.79 Å². The first-order valence-corrected chi connectivity index (χ1v) is 11.2. The number of benzene rings is 1. The highest BCUT2D eigenvalue weighted by Crippen LogP contribution is 2.37. The molecule has 31 heavy (non-hydrogen) atoms. The van der Waals surface area contributed by atoms with Gasteiger partial charge in [0.25, 0.3) is 0 Å². The molecule has 8 nitrogen and oxygen atoms in total. The van der Waals surface area contributed by atoms with Gasteiger partial charge in [-0.15, -0.1) is 5.10 Å². The van der Waals surface area contributed by atoms with Crippen LogP contribution in [0.3, 0.4) is 0 Å². The van der Waals surface area contributed by atoms with E-state index in [1.165, 1.54) is 0 Å². The maximum Gasteiger partial charge on any atom is 0.231 e. The van der Waals surface area contributed by atoms with Crippen molar-refractivity contribution in [3.63, 3.8) is 0 Å². The summed E-state index contributed by atoms with van der Waals surface area (Å²) in [6, 6.07) is 6.24. The number of hydrogen-bond acceptors (Lipinski definition) is 6. The number of piperidine rings is 3. The zero-order valence-corrected chi connectivity index (χ0v) is 18.5. The van der Waals surface area contributed by atoms with Gasteiger partial charge >= 0.3 is 0 Å². The van der Waals surface area contributed by atoms with Crippen molar-refractivity contribution >= 4 is 5.91 Å². The molecule has 0 radical (unpaired) electrons. The van der Waals surface area contributed by atoms with Crippen molar-refractivity contribution < 1.29 is 14.3 Å². The summed E-state index contributed by atoms with van der Waals surface area (Å²) in [7, 11) is 0. The molecule has 3 fully saturated rings. The number of ether oxygens (including phenoxy) is 2. The smallest absolute Gasteiger partial charge is 0.231 e. The highest BCUT2D eigenvalue weighted by molar-refractivity contribution is 5.79. The highest BCUT2D eigenvalue weighted by Gasteiger charge is 2.43. The third-order valence-corrected chi connectivity index (χ3v) is 6.82. The lowest BCUT2D eigenvalue weighted by molar-refractivity contribution is -0.133. The predicted molar refractivity (Wildman–Crippen MR) is 115 cm³/mol.